The van der Waals surface area contributed by atoms with Crippen molar-refractivity contribution >= 4 is 24.1 Å². The Hall–Kier alpha value is -1.33. The molecule has 2 rings (SSSR count). The van der Waals surface area contributed by atoms with Crippen molar-refractivity contribution in [3.63, 3.8) is 0 Å². The molecule has 0 aliphatic carbocycles. The molecule has 1 aliphatic rings. The first-order valence-corrected chi connectivity index (χ1v) is 6.43. The SMILES string of the molecule is CCc1nn(C)c(NC(=O)C2C=CCN2)c1CC.Cl. The van der Waals surface area contributed by atoms with Gasteiger partial charge in [0.15, 0.2) is 0 Å². The van der Waals surface area contributed by atoms with Gasteiger partial charge in [-0.1, -0.05) is 26.0 Å². The van der Waals surface area contributed by atoms with Gasteiger partial charge in [0.05, 0.1) is 5.69 Å². The highest BCUT2D eigenvalue weighted by Crippen LogP contribution is 2.20. The molecule has 0 aromatic carbocycles. The van der Waals surface area contributed by atoms with Crippen LogP contribution >= 0.6 is 12.4 Å². The molecule has 0 saturated carbocycles. The quantitative estimate of drug-likeness (QED) is 0.823. The van der Waals surface area contributed by atoms with E-state index in [1.807, 2.05) is 19.2 Å². The molecule has 1 atom stereocenters. The summed E-state index contributed by atoms with van der Waals surface area (Å²) >= 11 is 0. The van der Waals surface area contributed by atoms with Crippen LogP contribution in [0.4, 0.5) is 5.82 Å². The smallest absolute Gasteiger partial charge is 0.246 e. The summed E-state index contributed by atoms with van der Waals surface area (Å²) in [5.41, 5.74) is 2.19. The molecule has 5 nitrogen and oxygen atoms in total. The van der Waals surface area contributed by atoms with Crippen molar-refractivity contribution < 1.29 is 4.79 Å². The van der Waals surface area contributed by atoms with E-state index in [-0.39, 0.29) is 24.4 Å². The fraction of sp³-hybridized carbons (Fsp3) is 0.538. The lowest BCUT2D eigenvalue weighted by molar-refractivity contribution is -0.117. The van der Waals surface area contributed by atoms with Gasteiger partial charge in [-0.15, -0.1) is 12.4 Å². The van der Waals surface area contributed by atoms with Crippen LogP contribution in [-0.2, 0) is 24.7 Å². The van der Waals surface area contributed by atoms with E-state index in [1.165, 1.54) is 0 Å². The van der Waals surface area contributed by atoms with Gasteiger partial charge < -0.3 is 5.32 Å². The second-order valence-electron chi connectivity index (χ2n) is 4.41. The summed E-state index contributed by atoms with van der Waals surface area (Å²) in [5.74, 6) is 0.797. The Kier molecular flexibility index (Phi) is 5.57. The minimum atomic E-state index is -0.227. The van der Waals surface area contributed by atoms with Crippen LogP contribution in [0.25, 0.3) is 0 Å². The van der Waals surface area contributed by atoms with E-state index in [9.17, 15) is 4.79 Å². The molecule has 0 saturated heterocycles. The summed E-state index contributed by atoms with van der Waals surface area (Å²) in [6.45, 7) is 4.91. The summed E-state index contributed by atoms with van der Waals surface area (Å²) < 4.78 is 1.76. The van der Waals surface area contributed by atoms with Crippen LogP contribution in [0.5, 0.6) is 0 Å². The largest absolute Gasteiger partial charge is 0.309 e. The van der Waals surface area contributed by atoms with Crippen LogP contribution in [0.1, 0.15) is 25.1 Å². The summed E-state index contributed by atoms with van der Waals surface area (Å²) in [7, 11) is 1.87. The number of aromatic nitrogens is 2. The predicted octanol–water partition coefficient (Wildman–Crippen LogP) is 1.43. The second kappa shape index (κ2) is 6.73. The second-order valence-corrected chi connectivity index (χ2v) is 4.41. The van der Waals surface area contributed by atoms with Crippen molar-refractivity contribution in [3.05, 3.63) is 23.4 Å². The maximum absolute atomic E-state index is 12.1. The topological polar surface area (TPSA) is 59.0 Å². The number of amides is 1. The third-order valence-electron chi connectivity index (χ3n) is 3.23. The van der Waals surface area contributed by atoms with Gasteiger partial charge >= 0.3 is 0 Å². The van der Waals surface area contributed by atoms with E-state index in [0.29, 0.717) is 0 Å². The third kappa shape index (κ3) is 3.16. The summed E-state index contributed by atoms with van der Waals surface area (Å²) in [6, 6.07) is -0.227. The number of rotatable bonds is 4. The Morgan fingerprint density at radius 2 is 2.26 bits per heavy atom. The number of carbonyl (C=O) groups is 1. The Morgan fingerprint density at radius 3 is 2.79 bits per heavy atom. The lowest BCUT2D eigenvalue weighted by atomic mass is 10.1. The van der Waals surface area contributed by atoms with Crippen LogP contribution in [0, 0.1) is 0 Å². The van der Waals surface area contributed by atoms with Crippen molar-refractivity contribution in [1.29, 1.82) is 0 Å². The van der Waals surface area contributed by atoms with E-state index in [4.69, 9.17) is 0 Å². The molecule has 1 aromatic heterocycles. The molecule has 19 heavy (non-hydrogen) atoms. The molecule has 106 valence electrons. The van der Waals surface area contributed by atoms with Gasteiger partial charge in [-0.05, 0) is 12.8 Å². The molecule has 1 aromatic rings. The first-order chi connectivity index (χ1) is 8.67. The number of hydrogen-bond donors (Lipinski definition) is 2. The van der Waals surface area contributed by atoms with E-state index in [0.717, 1.165) is 36.5 Å². The third-order valence-corrected chi connectivity index (χ3v) is 3.23. The molecule has 0 spiro atoms. The molecular weight excluding hydrogens is 264 g/mol. The highest BCUT2D eigenvalue weighted by molar-refractivity contribution is 5.96. The van der Waals surface area contributed by atoms with Gasteiger partial charge in [0.1, 0.15) is 11.9 Å². The Balaban J connectivity index is 0.00000180. The normalized spacial score (nSPS) is 17.3. The lowest BCUT2D eigenvalue weighted by Crippen LogP contribution is -2.36. The molecule has 1 amide bonds. The zero-order valence-electron chi connectivity index (χ0n) is 11.6. The van der Waals surface area contributed by atoms with E-state index < -0.39 is 0 Å². The van der Waals surface area contributed by atoms with Gasteiger partial charge in [-0.25, -0.2) is 0 Å². The summed E-state index contributed by atoms with van der Waals surface area (Å²) in [6.07, 6.45) is 5.61. The van der Waals surface area contributed by atoms with E-state index in [1.54, 1.807) is 4.68 Å². The number of anilines is 1. The number of carbonyl (C=O) groups excluding carboxylic acids is 1. The highest BCUT2D eigenvalue weighted by atomic mass is 35.5. The van der Waals surface area contributed by atoms with Crippen LogP contribution in [0.2, 0.25) is 0 Å². The molecular formula is C13H21ClN4O. The van der Waals surface area contributed by atoms with Crippen LogP contribution < -0.4 is 10.6 Å². The van der Waals surface area contributed by atoms with Gasteiger partial charge in [0.25, 0.3) is 0 Å². The summed E-state index contributed by atoms with van der Waals surface area (Å²) in [5, 5.41) is 10.5. The van der Waals surface area contributed by atoms with Gasteiger partial charge in [-0.2, -0.15) is 5.10 Å². The summed E-state index contributed by atoms with van der Waals surface area (Å²) in [4.78, 5) is 12.1. The number of nitrogens with zero attached hydrogens (tertiary/aromatic N) is 2. The van der Waals surface area contributed by atoms with Gasteiger partial charge in [-0.3, -0.25) is 14.8 Å². The molecule has 6 heteroatoms. The Morgan fingerprint density at radius 1 is 1.53 bits per heavy atom. The number of nitrogens with one attached hydrogen (secondary N) is 2. The van der Waals surface area contributed by atoms with Crippen molar-refractivity contribution in [3.8, 4) is 0 Å². The van der Waals surface area contributed by atoms with Crippen molar-refractivity contribution in [2.45, 2.75) is 32.7 Å². The average Bonchev–Trinajstić information content (AvgIpc) is 2.98. The zero-order valence-corrected chi connectivity index (χ0v) is 12.4. The van der Waals surface area contributed by atoms with Crippen molar-refractivity contribution in [2.24, 2.45) is 7.05 Å². The van der Waals surface area contributed by atoms with Gasteiger partial charge in [0.2, 0.25) is 5.91 Å². The molecule has 1 aliphatic heterocycles. The molecule has 2 heterocycles. The number of halogens is 1. The fourth-order valence-electron chi connectivity index (χ4n) is 2.28. The molecule has 0 fully saturated rings. The molecule has 1 unspecified atom stereocenters. The lowest BCUT2D eigenvalue weighted by Gasteiger charge is -2.11. The fourth-order valence-corrected chi connectivity index (χ4v) is 2.28. The molecule has 0 bridgehead atoms. The zero-order chi connectivity index (χ0) is 13.1. The van der Waals surface area contributed by atoms with Crippen LogP contribution in [0.15, 0.2) is 12.2 Å². The van der Waals surface area contributed by atoms with Crippen LogP contribution in [0.3, 0.4) is 0 Å². The average molecular weight is 285 g/mol. The van der Waals surface area contributed by atoms with E-state index in [2.05, 4.69) is 29.6 Å². The first-order valence-electron chi connectivity index (χ1n) is 6.43. The molecule has 2 N–H and O–H groups in total. The number of hydrogen-bond acceptors (Lipinski definition) is 3. The van der Waals surface area contributed by atoms with Crippen LogP contribution in [-0.4, -0.2) is 28.3 Å². The van der Waals surface area contributed by atoms with Crippen molar-refractivity contribution in [1.82, 2.24) is 15.1 Å². The number of aryl methyl sites for hydroxylation is 2. The minimum Gasteiger partial charge on any atom is -0.309 e. The van der Waals surface area contributed by atoms with Crippen molar-refractivity contribution in [2.75, 3.05) is 11.9 Å². The first kappa shape index (κ1) is 15.7. The maximum Gasteiger partial charge on any atom is 0.246 e. The minimum absolute atomic E-state index is 0. The Bertz CT molecular complexity index is 481. The van der Waals surface area contributed by atoms with Gasteiger partial charge in [0, 0.05) is 19.2 Å². The standard InChI is InChI=1S/C13H20N4O.ClH/c1-4-9-10(5-2)16-17(3)12(9)15-13(18)11-7-6-8-14-11;/h6-7,11,14H,4-5,8H2,1-3H3,(H,15,18);1H. The predicted molar refractivity (Wildman–Crippen MR) is 78.8 cm³/mol. The highest BCUT2D eigenvalue weighted by Gasteiger charge is 2.21. The maximum atomic E-state index is 12.1. The monoisotopic (exact) mass is 284 g/mol. The molecule has 0 radical (unpaired) electrons. The Labute approximate surface area is 119 Å². The van der Waals surface area contributed by atoms with E-state index >= 15 is 0 Å².